The van der Waals surface area contributed by atoms with Crippen molar-refractivity contribution < 1.29 is 17.6 Å². The Hall–Kier alpha value is -3.36. The summed E-state index contributed by atoms with van der Waals surface area (Å²) in [5.41, 5.74) is 2.36. The number of aromatic nitrogens is 1. The number of benzene rings is 2. The van der Waals surface area contributed by atoms with E-state index in [1.807, 2.05) is 41.8 Å². The summed E-state index contributed by atoms with van der Waals surface area (Å²) < 4.78 is 34.6. The maximum atomic E-state index is 12.6. The van der Waals surface area contributed by atoms with Gasteiger partial charge in [-0.3, -0.25) is 4.79 Å². The zero-order valence-corrected chi connectivity index (χ0v) is 17.1. The van der Waals surface area contributed by atoms with Gasteiger partial charge in [0, 0.05) is 16.9 Å². The molecule has 0 fully saturated rings. The van der Waals surface area contributed by atoms with Crippen molar-refractivity contribution in [3.8, 4) is 0 Å². The molecule has 0 saturated heterocycles. The molecule has 2 aromatic carbocycles. The number of carbonyl (C=O) groups is 1. The highest BCUT2D eigenvalue weighted by Crippen LogP contribution is 2.20. The first-order valence-electron chi connectivity index (χ1n) is 9.39. The molecule has 0 spiro atoms. The number of para-hydroxylation sites is 1. The molecule has 0 radical (unpaired) electrons. The van der Waals surface area contributed by atoms with E-state index >= 15 is 0 Å². The summed E-state index contributed by atoms with van der Waals surface area (Å²) >= 11 is 0. The van der Waals surface area contributed by atoms with Gasteiger partial charge in [0.2, 0.25) is 15.9 Å². The molecular formula is C22H21N3O4S. The van der Waals surface area contributed by atoms with E-state index in [0.717, 1.165) is 16.6 Å². The van der Waals surface area contributed by atoms with Gasteiger partial charge in [0.25, 0.3) is 0 Å². The van der Waals surface area contributed by atoms with Crippen LogP contribution < -0.4 is 10.0 Å². The van der Waals surface area contributed by atoms with E-state index in [4.69, 9.17) is 4.42 Å². The molecule has 0 atom stereocenters. The van der Waals surface area contributed by atoms with Crippen molar-refractivity contribution in [3.63, 3.8) is 0 Å². The number of amides is 1. The summed E-state index contributed by atoms with van der Waals surface area (Å²) in [5, 5.41) is 3.85. The second-order valence-electron chi connectivity index (χ2n) is 6.91. The number of aryl methyl sites for hydroxylation is 1. The Morgan fingerprint density at radius 1 is 1.03 bits per heavy atom. The molecule has 4 rings (SSSR count). The van der Waals surface area contributed by atoms with E-state index in [-0.39, 0.29) is 23.9 Å². The van der Waals surface area contributed by atoms with Crippen LogP contribution in [0, 0.1) is 6.92 Å². The molecule has 0 aliphatic heterocycles. The summed E-state index contributed by atoms with van der Waals surface area (Å²) in [7, 11) is -3.75. The third kappa shape index (κ3) is 4.29. The van der Waals surface area contributed by atoms with E-state index in [2.05, 4.69) is 10.0 Å². The second-order valence-corrected chi connectivity index (χ2v) is 8.68. The molecule has 0 saturated carbocycles. The van der Waals surface area contributed by atoms with Crippen molar-refractivity contribution in [3.05, 3.63) is 84.4 Å². The number of nitrogens with zero attached hydrogens (tertiary/aromatic N) is 1. The number of nitrogens with one attached hydrogen (secondary N) is 2. The first-order chi connectivity index (χ1) is 14.4. The molecule has 0 aliphatic rings. The zero-order chi connectivity index (χ0) is 21.1. The van der Waals surface area contributed by atoms with Crippen molar-refractivity contribution in [2.75, 3.05) is 5.32 Å². The van der Waals surface area contributed by atoms with Crippen LogP contribution >= 0.6 is 0 Å². The van der Waals surface area contributed by atoms with Gasteiger partial charge in [0.1, 0.15) is 12.3 Å². The van der Waals surface area contributed by atoms with Crippen molar-refractivity contribution in [2.24, 2.45) is 0 Å². The molecule has 0 aliphatic carbocycles. The number of hydrogen-bond donors (Lipinski definition) is 2. The largest absolute Gasteiger partial charge is 0.468 e. The lowest BCUT2D eigenvalue weighted by Gasteiger charge is -2.11. The molecule has 2 N–H and O–H groups in total. The topological polar surface area (TPSA) is 93.3 Å². The Kier molecular flexibility index (Phi) is 5.43. The van der Waals surface area contributed by atoms with Gasteiger partial charge >= 0.3 is 0 Å². The van der Waals surface area contributed by atoms with Gasteiger partial charge in [0.15, 0.2) is 0 Å². The number of anilines is 1. The molecule has 0 unspecified atom stereocenters. The molecule has 7 nitrogen and oxygen atoms in total. The van der Waals surface area contributed by atoms with Gasteiger partial charge in [-0.1, -0.05) is 24.3 Å². The van der Waals surface area contributed by atoms with E-state index in [1.54, 1.807) is 24.3 Å². The van der Waals surface area contributed by atoms with Crippen molar-refractivity contribution in [1.82, 2.24) is 9.29 Å². The molecule has 2 aromatic heterocycles. The minimum atomic E-state index is -3.75. The van der Waals surface area contributed by atoms with Crippen LogP contribution in [0.5, 0.6) is 0 Å². The Morgan fingerprint density at radius 2 is 1.87 bits per heavy atom. The second kappa shape index (κ2) is 8.17. The number of furan rings is 1. The Labute approximate surface area is 174 Å². The zero-order valence-electron chi connectivity index (χ0n) is 16.3. The smallest absolute Gasteiger partial charge is 0.244 e. The Bertz CT molecular complexity index is 1290. The van der Waals surface area contributed by atoms with Gasteiger partial charge in [-0.25, -0.2) is 13.1 Å². The lowest BCUT2D eigenvalue weighted by atomic mass is 10.2. The average Bonchev–Trinajstić information content (AvgIpc) is 3.35. The van der Waals surface area contributed by atoms with E-state index in [0.29, 0.717) is 11.4 Å². The van der Waals surface area contributed by atoms with Gasteiger partial charge in [-0.15, -0.1) is 0 Å². The summed E-state index contributed by atoms with van der Waals surface area (Å²) in [4.78, 5) is 12.7. The number of rotatable bonds is 7. The van der Waals surface area contributed by atoms with E-state index in [9.17, 15) is 13.2 Å². The van der Waals surface area contributed by atoms with E-state index in [1.165, 1.54) is 18.4 Å². The van der Waals surface area contributed by atoms with Crippen molar-refractivity contribution in [2.45, 2.75) is 24.9 Å². The van der Waals surface area contributed by atoms with Crippen LogP contribution in [0.15, 0.2) is 82.3 Å². The van der Waals surface area contributed by atoms with Gasteiger partial charge in [0.05, 0.1) is 17.7 Å². The van der Waals surface area contributed by atoms with Crippen LogP contribution in [0.1, 0.15) is 11.5 Å². The highest BCUT2D eigenvalue weighted by molar-refractivity contribution is 7.89. The maximum Gasteiger partial charge on any atom is 0.244 e. The van der Waals surface area contributed by atoms with Crippen LogP contribution in [0.4, 0.5) is 5.69 Å². The Morgan fingerprint density at radius 3 is 2.67 bits per heavy atom. The lowest BCUT2D eigenvalue weighted by Crippen LogP contribution is -2.23. The summed E-state index contributed by atoms with van der Waals surface area (Å²) in [6, 6.07) is 19.4. The molecule has 4 aromatic rings. The molecule has 8 heteroatoms. The summed E-state index contributed by atoms with van der Waals surface area (Å²) in [6.07, 6.45) is 1.48. The first-order valence-corrected chi connectivity index (χ1v) is 10.9. The molecule has 154 valence electrons. The standard InChI is InChI=1S/C22H21N3O4S/c1-16-12-17-6-2-3-10-21(17)25(16)15-22(26)24-18-7-4-9-20(13-18)30(27,28)23-14-19-8-5-11-29-19/h2-13,23H,14-15H2,1H3,(H,24,26). The quantitative estimate of drug-likeness (QED) is 0.474. The fourth-order valence-electron chi connectivity index (χ4n) is 3.31. The molecular weight excluding hydrogens is 402 g/mol. The van der Waals surface area contributed by atoms with Gasteiger partial charge in [-0.2, -0.15) is 0 Å². The number of carbonyl (C=O) groups excluding carboxylic acids is 1. The SMILES string of the molecule is Cc1cc2ccccc2n1CC(=O)Nc1cccc(S(=O)(=O)NCc2ccco2)c1. The van der Waals surface area contributed by atoms with Gasteiger partial charge < -0.3 is 14.3 Å². The minimum Gasteiger partial charge on any atom is -0.468 e. The molecule has 30 heavy (non-hydrogen) atoms. The van der Waals surface area contributed by atoms with Crippen molar-refractivity contribution in [1.29, 1.82) is 0 Å². The highest BCUT2D eigenvalue weighted by atomic mass is 32.2. The minimum absolute atomic E-state index is 0.0475. The molecule has 1 amide bonds. The van der Waals surface area contributed by atoms with Crippen LogP contribution in [0.2, 0.25) is 0 Å². The van der Waals surface area contributed by atoms with Crippen LogP contribution in [-0.2, 0) is 27.9 Å². The first kappa shape index (κ1) is 19.9. The normalized spacial score (nSPS) is 11.6. The maximum absolute atomic E-state index is 12.6. The van der Waals surface area contributed by atoms with Crippen molar-refractivity contribution >= 4 is 32.5 Å². The fourth-order valence-corrected chi connectivity index (χ4v) is 4.34. The summed E-state index contributed by atoms with van der Waals surface area (Å²) in [6.45, 7) is 2.13. The third-order valence-electron chi connectivity index (χ3n) is 4.76. The van der Waals surface area contributed by atoms with Crippen LogP contribution in [0.25, 0.3) is 10.9 Å². The number of fused-ring (bicyclic) bond motifs is 1. The summed E-state index contributed by atoms with van der Waals surface area (Å²) in [5.74, 6) is 0.273. The van der Waals surface area contributed by atoms with Gasteiger partial charge in [-0.05, 0) is 54.8 Å². The predicted molar refractivity (Wildman–Crippen MR) is 114 cm³/mol. The Balaban J connectivity index is 1.47. The predicted octanol–water partition coefficient (Wildman–Crippen LogP) is 3.66. The van der Waals surface area contributed by atoms with Crippen LogP contribution in [-0.4, -0.2) is 18.9 Å². The number of hydrogen-bond acceptors (Lipinski definition) is 4. The lowest BCUT2D eigenvalue weighted by molar-refractivity contribution is -0.116. The number of sulfonamides is 1. The molecule has 2 heterocycles. The highest BCUT2D eigenvalue weighted by Gasteiger charge is 2.16. The molecule has 0 bridgehead atoms. The fraction of sp³-hybridized carbons (Fsp3) is 0.136. The van der Waals surface area contributed by atoms with E-state index < -0.39 is 10.0 Å². The average molecular weight is 423 g/mol. The monoisotopic (exact) mass is 423 g/mol. The third-order valence-corrected chi connectivity index (χ3v) is 6.16. The van der Waals surface area contributed by atoms with Crippen LogP contribution in [0.3, 0.4) is 0 Å².